The molecule has 0 atom stereocenters. The third kappa shape index (κ3) is 3.39. The molecule has 0 aliphatic carbocycles. The lowest BCUT2D eigenvalue weighted by atomic mass is 10.0. The maximum absolute atomic E-state index is 11.3. The molecule has 104 valence electrons. The summed E-state index contributed by atoms with van der Waals surface area (Å²) in [7, 11) is 0. The number of halogens is 1. The van der Waals surface area contributed by atoms with Crippen molar-refractivity contribution in [3.8, 4) is 0 Å². The zero-order valence-corrected chi connectivity index (χ0v) is 11.7. The molecule has 0 spiro atoms. The van der Waals surface area contributed by atoms with Crippen molar-refractivity contribution in [2.75, 3.05) is 24.6 Å². The molecule has 1 aromatic carbocycles. The van der Waals surface area contributed by atoms with E-state index in [1.165, 1.54) is 6.07 Å². The Morgan fingerprint density at radius 1 is 1.47 bits per heavy atom. The van der Waals surface area contributed by atoms with Gasteiger partial charge in [-0.05, 0) is 38.0 Å². The average molecular weight is 284 g/mol. The van der Waals surface area contributed by atoms with Crippen LogP contribution in [-0.4, -0.2) is 36.9 Å². The number of aromatic carboxylic acids is 1. The third-order valence-corrected chi connectivity index (χ3v) is 3.61. The summed E-state index contributed by atoms with van der Waals surface area (Å²) in [5, 5.41) is 9.70. The van der Waals surface area contributed by atoms with Crippen LogP contribution in [0, 0.1) is 0 Å². The lowest BCUT2D eigenvalue weighted by Gasteiger charge is -2.34. The van der Waals surface area contributed by atoms with Crippen molar-refractivity contribution in [1.29, 1.82) is 0 Å². The van der Waals surface area contributed by atoms with Gasteiger partial charge in [-0.3, -0.25) is 0 Å². The first-order valence-corrected chi connectivity index (χ1v) is 6.89. The van der Waals surface area contributed by atoms with E-state index >= 15 is 0 Å². The van der Waals surface area contributed by atoms with Crippen LogP contribution in [-0.2, 0) is 4.74 Å². The Bertz CT molecular complexity index is 456. The molecule has 0 bridgehead atoms. The van der Waals surface area contributed by atoms with Crippen molar-refractivity contribution in [2.24, 2.45) is 0 Å². The molecule has 1 fully saturated rings. The molecule has 2 rings (SSSR count). The summed E-state index contributed by atoms with van der Waals surface area (Å²) in [5.41, 5.74) is 1.01. The smallest absolute Gasteiger partial charge is 0.337 e. The molecular formula is C14H18ClNO3. The molecule has 1 aliphatic heterocycles. The van der Waals surface area contributed by atoms with Gasteiger partial charge in [0.25, 0.3) is 0 Å². The molecule has 0 amide bonds. The fraction of sp³-hybridized carbons (Fsp3) is 0.500. The van der Waals surface area contributed by atoms with Gasteiger partial charge >= 0.3 is 5.97 Å². The minimum atomic E-state index is -0.940. The number of benzene rings is 1. The number of rotatable bonds is 4. The van der Waals surface area contributed by atoms with Gasteiger partial charge in [0.05, 0.1) is 17.4 Å². The SMILES string of the molecule is CCOC1CCN(c2ccc(Cl)cc2C(=O)O)CC1. The maximum Gasteiger partial charge on any atom is 0.337 e. The highest BCUT2D eigenvalue weighted by Crippen LogP contribution is 2.27. The van der Waals surface area contributed by atoms with Gasteiger partial charge in [-0.25, -0.2) is 4.79 Å². The molecule has 0 unspecified atom stereocenters. The van der Waals surface area contributed by atoms with Crippen LogP contribution in [0.2, 0.25) is 5.02 Å². The van der Waals surface area contributed by atoms with Gasteiger partial charge in [-0.15, -0.1) is 0 Å². The normalized spacial score (nSPS) is 16.6. The van der Waals surface area contributed by atoms with Crippen LogP contribution < -0.4 is 4.90 Å². The van der Waals surface area contributed by atoms with Crippen LogP contribution in [0.1, 0.15) is 30.1 Å². The van der Waals surface area contributed by atoms with Crippen LogP contribution >= 0.6 is 11.6 Å². The number of piperidine rings is 1. The highest BCUT2D eigenvalue weighted by atomic mass is 35.5. The number of hydrogen-bond acceptors (Lipinski definition) is 3. The standard InChI is InChI=1S/C14H18ClNO3/c1-2-19-11-5-7-16(8-6-11)13-4-3-10(15)9-12(13)14(17)18/h3-4,9,11H,2,5-8H2,1H3,(H,17,18). The van der Waals surface area contributed by atoms with Gasteiger partial charge < -0.3 is 14.7 Å². The minimum Gasteiger partial charge on any atom is -0.478 e. The third-order valence-electron chi connectivity index (χ3n) is 3.37. The maximum atomic E-state index is 11.3. The van der Waals surface area contributed by atoms with E-state index in [2.05, 4.69) is 4.90 Å². The Hall–Kier alpha value is -1.26. The molecule has 0 aromatic heterocycles. The van der Waals surface area contributed by atoms with Crippen molar-refractivity contribution < 1.29 is 14.6 Å². The molecular weight excluding hydrogens is 266 g/mol. The topological polar surface area (TPSA) is 49.8 Å². The number of carboxylic acids is 1. The van der Waals surface area contributed by atoms with Gasteiger partial charge in [0.1, 0.15) is 0 Å². The van der Waals surface area contributed by atoms with Crippen LogP contribution in [0.25, 0.3) is 0 Å². The molecule has 19 heavy (non-hydrogen) atoms. The second-order valence-corrected chi connectivity index (χ2v) is 5.04. The number of carbonyl (C=O) groups is 1. The number of carboxylic acid groups (broad SMARTS) is 1. The van der Waals surface area contributed by atoms with Gasteiger partial charge in [-0.1, -0.05) is 11.6 Å². The van der Waals surface area contributed by atoms with E-state index in [1.807, 2.05) is 6.92 Å². The Morgan fingerprint density at radius 2 is 2.16 bits per heavy atom. The summed E-state index contributed by atoms with van der Waals surface area (Å²) in [6.07, 6.45) is 2.15. The van der Waals surface area contributed by atoms with Crippen molar-refractivity contribution in [2.45, 2.75) is 25.9 Å². The molecule has 4 nitrogen and oxygen atoms in total. The molecule has 1 N–H and O–H groups in total. The predicted octanol–water partition coefficient (Wildman–Crippen LogP) is 3.04. The van der Waals surface area contributed by atoms with Gasteiger partial charge in [0.2, 0.25) is 0 Å². The fourth-order valence-corrected chi connectivity index (χ4v) is 2.63. The summed E-state index contributed by atoms with van der Waals surface area (Å²) in [4.78, 5) is 13.4. The van der Waals surface area contributed by atoms with Gasteiger partial charge in [0.15, 0.2) is 0 Å². The fourth-order valence-electron chi connectivity index (χ4n) is 2.45. The lowest BCUT2D eigenvalue weighted by Crippen LogP contribution is -2.37. The monoisotopic (exact) mass is 283 g/mol. The number of nitrogens with zero attached hydrogens (tertiary/aromatic N) is 1. The summed E-state index contributed by atoms with van der Waals surface area (Å²) >= 11 is 5.86. The Morgan fingerprint density at radius 3 is 2.74 bits per heavy atom. The van der Waals surface area contributed by atoms with Crippen LogP contribution in [0.4, 0.5) is 5.69 Å². The Kier molecular flexibility index (Phi) is 4.66. The predicted molar refractivity (Wildman–Crippen MR) is 75.3 cm³/mol. The number of anilines is 1. The first-order chi connectivity index (χ1) is 9.11. The molecule has 1 saturated heterocycles. The zero-order chi connectivity index (χ0) is 13.8. The molecule has 1 aliphatic rings. The summed E-state index contributed by atoms with van der Waals surface area (Å²) < 4.78 is 5.60. The van der Waals surface area contributed by atoms with Crippen molar-refractivity contribution in [3.05, 3.63) is 28.8 Å². The van der Waals surface area contributed by atoms with Crippen LogP contribution in [0.15, 0.2) is 18.2 Å². The lowest BCUT2D eigenvalue weighted by molar-refractivity contribution is 0.0459. The Balaban J connectivity index is 2.13. The van der Waals surface area contributed by atoms with E-state index < -0.39 is 5.97 Å². The molecule has 1 heterocycles. The second-order valence-electron chi connectivity index (χ2n) is 4.61. The molecule has 0 saturated carbocycles. The highest BCUT2D eigenvalue weighted by molar-refractivity contribution is 6.31. The number of ether oxygens (including phenoxy) is 1. The summed E-state index contributed by atoms with van der Waals surface area (Å²) in [6.45, 7) is 4.35. The van der Waals surface area contributed by atoms with Gasteiger partial charge in [-0.2, -0.15) is 0 Å². The van der Waals surface area contributed by atoms with E-state index in [9.17, 15) is 9.90 Å². The minimum absolute atomic E-state index is 0.266. The van der Waals surface area contributed by atoms with Gasteiger partial charge in [0, 0.05) is 24.7 Å². The summed E-state index contributed by atoms with van der Waals surface area (Å²) in [5.74, 6) is -0.940. The largest absolute Gasteiger partial charge is 0.478 e. The van der Waals surface area contributed by atoms with E-state index in [0.717, 1.165) is 38.2 Å². The summed E-state index contributed by atoms with van der Waals surface area (Å²) in [6, 6.07) is 5.03. The zero-order valence-electron chi connectivity index (χ0n) is 10.9. The van der Waals surface area contributed by atoms with Crippen LogP contribution in [0.3, 0.4) is 0 Å². The molecule has 1 aromatic rings. The quantitative estimate of drug-likeness (QED) is 0.923. The average Bonchev–Trinajstić information content (AvgIpc) is 2.40. The van der Waals surface area contributed by atoms with E-state index in [1.54, 1.807) is 12.1 Å². The van der Waals surface area contributed by atoms with Crippen LogP contribution in [0.5, 0.6) is 0 Å². The molecule has 5 heteroatoms. The Labute approximate surface area is 117 Å². The van der Waals surface area contributed by atoms with Crippen molar-refractivity contribution in [3.63, 3.8) is 0 Å². The van der Waals surface area contributed by atoms with Crippen molar-refractivity contribution >= 4 is 23.3 Å². The van der Waals surface area contributed by atoms with E-state index in [4.69, 9.17) is 16.3 Å². The highest BCUT2D eigenvalue weighted by Gasteiger charge is 2.23. The number of hydrogen-bond donors (Lipinski definition) is 1. The molecule has 0 radical (unpaired) electrons. The van der Waals surface area contributed by atoms with E-state index in [-0.39, 0.29) is 5.56 Å². The first-order valence-electron chi connectivity index (χ1n) is 6.51. The van der Waals surface area contributed by atoms with E-state index in [0.29, 0.717) is 11.1 Å². The van der Waals surface area contributed by atoms with Crippen molar-refractivity contribution in [1.82, 2.24) is 0 Å². The second kappa shape index (κ2) is 6.26. The first kappa shape index (κ1) is 14.2.